The topological polar surface area (TPSA) is 106 Å². The number of rotatable bonds is 10. The van der Waals surface area contributed by atoms with E-state index in [2.05, 4.69) is 10.3 Å². The maximum absolute atomic E-state index is 14.0. The first-order valence-electron chi connectivity index (χ1n) is 14.6. The molecule has 0 fully saturated rings. The molecule has 2 aromatic heterocycles. The molecule has 3 heterocycles. The third kappa shape index (κ3) is 5.42. The summed E-state index contributed by atoms with van der Waals surface area (Å²) in [5.74, 6) is 0.611. The van der Waals surface area contributed by atoms with Gasteiger partial charge in [-0.05, 0) is 62.1 Å². The van der Waals surface area contributed by atoms with Crippen molar-refractivity contribution in [2.24, 2.45) is 0 Å². The van der Waals surface area contributed by atoms with Gasteiger partial charge in [0.15, 0.2) is 11.5 Å². The summed E-state index contributed by atoms with van der Waals surface area (Å²) >= 11 is 0. The molecule has 1 aliphatic rings. The Morgan fingerprint density at radius 3 is 2.53 bits per heavy atom. The third-order valence-corrected chi connectivity index (χ3v) is 7.92. The van der Waals surface area contributed by atoms with Gasteiger partial charge in [-0.15, -0.1) is 0 Å². The Morgan fingerprint density at radius 2 is 1.79 bits per heavy atom. The lowest BCUT2D eigenvalue weighted by Gasteiger charge is -2.24. The summed E-state index contributed by atoms with van der Waals surface area (Å²) in [6.45, 7) is 4.18. The maximum atomic E-state index is 14.0. The standard InChI is InChI=1S/C35H35N3O5/c1-21(2)43-32-18-27-23(16-31(32)42-3)13-14-38-30(27)17-28(33(38)34(40)22-9-5-4-6-10-22)35(41)37-25(20-39)15-24-19-36-29-12-8-7-11-26(24)29/h4-12,16-19,21,25,36,39H,13-15,20H2,1-3H3,(H,37,41)/t25-/m1/s1. The van der Waals surface area contributed by atoms with Gasteiger partial charge in [0.2, 0.25) is 5.78 Å². The number of ketones is 1. The minimum absolute atomic E-state index is 0.0635. The average Bonchev–Trinajstić information content (AvgIpc) is 3.62. The molecule has 0 aliphatic carbocycles. The van der Waals surface area contributed by atoms with Crippen molar-refractivity contribution in [2.75, 3.05) is 13.7 Å². The fourth-order valence-corrected chi connectivity index (χ4v) is 5.92. The number of fused-ring (bicyclic) bond motifs is 4. The Labute approximate surface area is 250 Å². The van der Waals surface area contributed by atoms with E-state index in [-0.39, 0.29) is 24.1 Å². The molecule has 8 nitrogen and oxygen atoms in total. The summed E-state index contributed by atoms with van der Waals surface area (Å²) in [4.78, 5) is 31.2. The highest BCUT2D eigenvalue weighted by atomic mass is 16.5. The van der Waals surface area contributed by atoms with Crippen molar-refractivity contribution in [1.29, 1.82) is 0 Å². The predicted molar refractivity (Wildman–Crippen MR) is 166 cm³/mol. The Bertz CT molecular complexity index is 1800. The minimum Gasteiger partial charge on any atom is -0.493 e. The van der Waals surface area contributed by atoms with E-state index in [4.69, 9.17) is 9.47 Å². The fraction of sp³-hybridized carbons (Fsp3) is 0.257. The number of carbonyl (C=O) groups is 2. The van der Waals surface area contributed by atoms with Crippen molar-refractivity contribution in [3.63, 3.8) is 0 Å². The molecule has 5 aromatic rings. The van der Waals surface area contributed by atoms with Crippen molar-refractivity contribution in [1.82, 2.24) is 14.9 Å². The number of benzene rings is 3. The van der Waals surface area contributed by atoms with Crippen LogP contribution in [0.1, 0.15) is 51.4 Å². The summed E-state index contributed by atoms with van der Waals surface area (Å²) in [7, 11) is 1.62. The van der Waals surface area contributed by atoms with Crippen LogP contribution in [0.25, 0.3) is 22.2 Å². The summed E-state index contributed by atoms with van der Waals surface area (Å²) in [6, 6.07) is 22.1. The first-order valence-corrected chi connectivity index (χ1v) is 14.6. The van der Waals surface area contributed by atoms with E-state index in [1.165, 1.54) is 0 Å². The van der Waals surface area contributed by atoms with Crippen LogP contribution in [0.4, 0.5) is 0 Å². The first-order chi connectivity index (χ1) is 20.9. The second-order valence-corrected chi connectivity index (χ2v) is 11.1. The Balaban J connectivity index is 1.41. The summed E-state index contributed by atoms with van der Waals surface area (Å²) in [5.41, 5.74) is 5.79. The van der Waals surface area contributed by atoms with Crippen LogP contribution in [0.5, 0.6) is 11.5 Å². The van der Waals surface area contributed by atoms with E-state index in [1.54, 1.807) is 25.3 Å². The van der Waals surface area contributed by atoms with Crippen LogP contribution in [0.15, 0.2) is 79.0 Å². The number of nitrogens with one attached hydrogen (secondary N) is 2. The molecule has 0 bridgehead atoms. The van der Waals surface area contributed by atoms with Crippen molar-refractivity contribution >= 4 is 22.6 Å². The zero-order valence-corrected chi connectivity index (χ0v) is 24.5. The number of para-hydroxylation sites is 1. The van der Waals surface area contributed by atoms with Gasteiger partial charge in [-0.3, -0.25) is 9.59 Å². The number of ether oxygens (including phenoxy) is 2. The van der Waals surface area contributed by atoms with Crippen LogP contribution >= 0.6 is 0 Å². The van der Waals surface area contributed by atoms with E-state index in [9.17, 15) is 14.7 Å². The molecule has 220 valence electrons. The summed E-state index contributed by atoms with van der Waals surface area (Å²) in [6.07, 6.45) is 2.93. The average molecular weight is 578 g/mol. The molecule has 3 aromatic carbocycles. The van der Waals surface area contributed by atoms with Crippen molar-refractivity contribution in [2.45, 2.75) is 45.4 Å². The highest BCUT2D eigenvalue weighted by Crippen LogP contribution is 2.41. The van der Waals surface area contributed by atoms with E-state index in [1.807, 2.05) is 79.2 Å². The summed E-state index contributed by atoms with van der Waals surface area (Å²) in [5, 5.41) is 14.3. The second kappa shape index (κ2) is 11.8. The molecular weight excluding hydrogens is 542 g/mol. The number of nitrogens with zero attached hydrogens (tertiary/aromatic N) is 1. The summed E-state index contributed by atoms with van der Waals surface area (Å²) < 4.78 is 13.6. The molecule has 6 rings (SSSR count). The SMILES string of the molecule is COc1cc2c(cc1OC(C)C)-c1cc(C(=O)N[C@@H](CO)Cc3c[nH]c4ccccc34)c(C(=O)c3ccccc3)n1CC2. The van der Waals surface area contributed by atoms with Crippen LogP contribution in [-0.2, 0) is 19.4 Å². The number of methoxy groups -OCH3 is 1. The number of hydrogen-bond donors (Lipinski definition) is 3. The van der Waals surface area contributed by atoms with Crippen molar-refractivity contribution < 1.29 is 24.2 Å². The third-order valence-electron chi connectivity index (χ3n) is 7.92. The number of H-pyrrole nitrogens is 1. The molecule has 0 unspecified atom stereocenters. The number of amides is 1. The highest BCUT2D eigenvalue weighted by Gasteiger charge is 2.31. The molecule has 43 heavy (non-hydrogen) atoms. The number of aromatic nitrogens is 2. The zero-order valence-electron chi connectivity index (χ0n) is 24.5. The quantitative estimate of drug-likeness (QED) is 0.189. The van der Waals surface area contributed by atoms with Gasteiger partial charge in [0.05, 0.1) is 31.4 Å². The Hall–Kier alpha value is -4.82. The van der Waals surface area contributed by atoms with Gasteiger partial charge in [-0.1, -0.05) is 48.5 Å². The molecule has 0 spiro atoms. The van der Waals surface area contributed by atoms with Crippen LogP contribution in [0.3, 0.4) is 0 Å². The molecule has 8 heteroatoms. The smallest absolute Gasteiger partial charge is 0.253 e. The zero-order chi connectivity index (χ0) is 30.1. The molecule has 3 N–H and O–H groups in total. The molecule has 0 radical (unpaired) electrons. The number of aliphatic hydroxyl groups is 1. The minimum atomic E-state index is -0.550. The lowest BCUT2D eigenvalue weighted by atomic mass is 9.97. The van der Waals surface area contributed by atoms with Crippen molar-refractivity contribution in [3.8, 4) is 22.8 Å². The number of carbonyl (C=O) groups excluding carboxylic acids is 2. The van der Waals surface area contributed by atoms with E-state index >= 15 is 0 Å². The van der Waals surface area contributed by atoms with Crippen LogP contribution in [-0.4, -0.2) is 52.2 Å². The van der Waals surface area contributed by atoms with Gasteiger partial charge in [0.25, 0.3) is 5.91 Å². The first kappa shape index (κ1) is 28.3. The molecule has 1 atom stereocenters. The lowest BCUT2D eigenvalue weighted by Crippen LogP contribution is -2.39. The van der Waals surface area contributed by atoms with Gasteiger partial charge in [-0.2, -0.15) is 0 Å². The molecule has 0 saturated heterocycles. The van der Waals surface area contributed by atoms with Gasteiger partial charge >= 0.3 is 0 Å². The highest BCUT2D eigenvalue weighted by molar-refractivity contribution is 6.15. The number of aryl methyl sites for hydroxylation is 1. The number of hydrogen-bond acceptors (Lipinski definition) is 5. The predicted octanol–water partition coefficient (Wildman–Crippen LogP) is 5.55. The van der Waals surface area contributed by atoms with Gasteiger partial charge in [0, 0.05) is 40.5 Å². The lowest BCUT2D eigenvalue weighted by molar-refractivity contribution is 0.0907. The van der Waals surface area contributed by atoms with E-state index in [0.717, 1.165) is 33.3 Å². The maximum Gasteiger partial charge on any atom is 0.253 e. The number of aromatic amines is 1. The van der Waals surface area contributed by atoms with Crippen LogP contribution in [0, 0.1) is 0 Å². The normalized spacial score (nSPS) is 13.0. The largest absolute Gasteiger partial charge is 0.493 e. The molecule has 1 amide bonds. The molecule has 0 saturated carbocycles. The monoisotopic (exact) mass is 577 g/mol. The number of aliphatic hydroxyl groups excluding tert-OH is 1. The van der Waals surface area contributed by atoms with Crippen molar-refractivity contribution in [3.05, 3.63) is 107 Å². The van der Waals surface area contributed by atoms with Gasteiger partial charge < -0.3 is 29.4 Å². The van der Waals surface area contributed by atoms with Crippen LogP contribution < -0.4 is 14.8 Å². The van der Waals surface area contributed by atoms with E-state index < -0.39 is 11.9 Å². The molecule has 1 aliphatic heterocycles. The van der Waals surface area contributed by atoms with Gasteiger partial charge in [0.1, 0.15) is 5.69 Å². The van der Waals surface area contributed by atoms with Gasteiger partial charge in [-0.25, -0.2) is 0 Å². The Kier molecular flexibility index (Phi) is 7.78. The van der Waals surface area contributed by atoms with E-state index in [0.29, 0.717) is 42.1 Å². The fourth-order valence-electron chi connectivity index (χ4n) is 5.92. The Morgan fingerprint density at radius 1 is 1.02 bits per heavy atom. The van der Waals surface area contributed by atoms with Crippen LogP contribution in [0.2, 0.25) is 0 Å². The molecular formula is C35H35N3O5. The second-order valence-electron chi connectivity index (χ2n) is 11.1.